The molecule has 1 heteroatoms. The van der Waals surface area contributed by atoms with Gasteiger partial charge in [-0.25, -0.2) is 0 Å². The standard InChI is InChI=1S/C15H26O/c1-9(2)11-6-5-10(3)15-8-7-14(4,16)13(15)12(11)15/h9-13,16H,5-8H2,1-4H3/t10-,11?,12-,13+,14+,15-/m1/s1. The molecule has 0 aromatic carbocycles. The maximum atomic E-state index is 10.5. The van der Waals surface area contributed by atoms with E-state index in [0.717, 1.165) is 30.1 Å². The van der Waals surface area contributed by atoms with Crippen LogP contribution in [0.1, 0.15) is 53.4 Å². The second-order valence-corrected chi connectivity index (χ2v) is 7.36. The molecule has 0 saturated heterocycles. The lowest BCUT2D eigenvalue weighted by atomic mass is 9.69. The van der Waals surface area contributed by atoms with Gasteiger partial charge in [0.2, 0.25) is 0 Å². The molecule has 3 fully saturated rings. The van der Waals surface area contributed by atoms with Crippen LogP contribution in [0.15, 0.2) is 0 Å². The first-order valence-electron chi connectivity index (χ1n) is 7.13. The maximum Gasteiger partial charge on any atom is 0.0656 e. The van der Waals surface area contributed by atoms with Crippen LogP contribution in [0.2, 0.25) is 0 Å². The van der Waals surface area contributed by atoms with Crippen molar-refractivity contribution in [3.63, 3.8) is 0 Å². The van der Waals surface area contributed by atoms with E-state index in [4.69, 9.17) is 0 Å². The van der Waals surface area contributed by atoms with Crippen LogP contribution in [-0.2, 0) is 0 Å². The number of rotatable bonds is 1. The molecule has 1 nitrogen and oxygen atoms in total. The first kappa shape index (κ1) is 11.1. The Labute approximate surface area is 99.6 Å². The molecule has 6 atom stereocenters. The summed E-state index contributed by atoms with van der Waals surface area (Å²) in [5.74, 6) is 4.01. The van der Waals surface area contributed by atoms with E-state index in [-0.39, 0.29) is 5.60 Å². The molecule has 16 heavy (non-hydrogen) atoms. The summed E-state index contributed by atoms with van der Waals surface area (Å²) in [7, 11) is 0. The molecular formula is C15H26O. The molecule has 3 aliphatic rings. The summed E-state index contributed by atoms with van der Waals surface area (Å²) in [4.78, 5) is 0. The monoisotopic (exact) mass is 222 g/mol. The molecule has 1 spiro atoms. The number of hydrogen-bond donors (Lipinski definition) is 1. The predicted octanol–water partition coefficient (Wildman–Crippen LogP) is 3.47. The molecule has 3 saturated carbocycles. The van der Waals surface area contributed by atoms with Crippen LogP contribution in [0.4, 0.5) is 0 Å². The van der Waals surface area contributed by atoms with E-state index >= 15 is 0 Å². The molecular weight excluding hydrogens is 196 g/mol. The van der Waals surface area contributed by atoms with Gasteiger partial charge in [-0.1, -0.05) is 20.8 Å². The molecule has 1 N–H and O–H groups in total. The van der Waals surface area contributed by atoms with Crippen LogP contribution in [0.3, 0.4) is 0 Å². The normalized spacial score (nSPS) is 59.6. The molecule has 3 rings (SSSR count). The van der Waals surface area contributed by atoms with Crippen LogP contribution in [0, 0.1) is 35.0 Å². The van der Waals surface area contributed by atoms with Gasteiger partial charge in [0, 0.05) is 0 Å². The highest BCUT2D eigenvalue weighted by Crippen LogP contribution is 2.80. The van der Waals surface area contributed by atoms with Crippen LogP contribution in [0.5, 0.6) is 0 Å². The fourth-order valence-electron chi connectivity index (χ4n) is 5.57. The van der Waals surface area contributed by atoms with Gasteiger partial charge in [0.05, 0.1) is 5.60 Å². The summed E-state index contributed by atoms with van der Waals surface area (Å²) >= 11 is 0. The average Bonchev–Trinajstić information content (AvgIpc) is 2.79. The molecule has 0 radical (unpaired) electrons. The minimum absolute atomic E-state index is 0.351. The van der Waals surface area contributed by atoms with Crippen molar-refractivity contribution >= 4 is 0 Å². The molecule has 0 bridgehead atoms. The van der Waals surface area contributed by atoms with Gasteiger partial charge in [0.25, 0.3) is 0 Å². The van der Waals surface area contributed by atoms with E-state index in [9.17, 15) is 5.11 Å². The fraction of sp³-hybridized carbons (Fsp3) is 1.00. The summed E-state index contributed by atoms with van der Waals surface area (Å²) in [5.41, 5.74) is 0.201. The van der Waals surface area contributed by atoms with Crippen LogP contribution in [0.25, 0.3) is 0 Å². The Hall–Kier alpha value is -0.0400. The van der Waals surface area contributed by atoms with Gasteiger partial charge >= 0.3 is 0 Å². The minimum atomic E-state index is -0.351. The number of hydrogen-bond acceptors (Lipinski definition) is 1. The number of fused-ring (bicyclic) bond motifs is 1. The summed E-state index contributed by atoms with van der Waals surface area (Å²) < 4.78 is 0. The zero-order valence-corrected chi connectivity index (χ0v) is 11.2. The Balaban J connectivity index is 1.92. The third-order valence-electron chi connectivity index (χ3n) is 6.35. The van der Waals surface area contributed by atoms with Crippen molar-refractivity contribution < 1.29 is 5.11 Å². The second kappa shape index (κ2) is 3.04. The van der Waals surface area contributed by atoms with Crippen molar-refractivity contribution in [2.24, 2.45) is 35.0 Å². The SMILES string of the molecule is CC(C)C1CC[C@@H](C)[C@@]23CC[C@](C)(O)[C@@H]2[C@@H]13. The maximum absolute atomic E-state index is 10.5. The molecule has 0 heterocycles. The lowest BCUT2D eigenvalue weighted by Crippen LogP contribution is -2.30. The van der Waals surface area contributed by atoms with Crippen molar-refractivity contribution in [3.8, 4) is 0 Å². The quantitative estimate of drug-likeness (QED) is 0.720. The fourth-order valence-corrected chi connectivity index (χ4v) is 5.57. The van der Waals surface area contributed by atoms with Crippen molar-refractivity contribution in [2.45, 2.75) is 59.0 Å². The Morgan fingerprint density at radius 2 is 1.88 bits per heavy atom. The van der Waals surface area contributed by atoms with Crippen LogP contribution < -0.4 is 0 Å². The van der Waals surface area contributed by atoms with E-state index < -0.39 is 0 Å². The second-order valence-electron chi connectivity index (χ2n) is 7.36. The average molecular weight is 222 g/mol. The Morgan fingerprint density at radius 3 is 2.50 bits per heavy atom. The zero-order chi connectivity index (χ0) is 11.7. The molecule has 3 aliphatic carbocycles. The molecule has 1 unspecified atom stereocenters. The minimum Gasteiger partial charge on any atom is -0.390 e. The smallest absolute Gasteiger partial charge is 0.0656 e. The third kappa shape index (κ3) is 1.11. The van der Waals surface area contributed by atoms with Crippen molar-refractivity contribution in [3.05, 3.63) is 0 Å². The highest BCUT2D eigenvalue weighted by Gasteiger charge is 2.77. The predicted molar refractivity (Wildman–Crippen MR) is 66.0 cm³/mol. The van der Waals surface area contributed by atoms with E-state index in [1.807, 2.05) is 0 Å². The number of aliphatic hydroxyl groups is 1. The summed E-state index contributed by atoms with van der Waals surface area (Å²) in [6.45, 7) is 9.27. The summed E-state index contributed by atoms with van der Waals surface area (Å²) in [6.07, 6.45) is 5.13. The van der Waals surface area contributed by atoms with Gasteiger partial charge < -0.3 is 5.11 Å². The lowest BCUT2D eigenvalue weighted by molar-refractivity contribution is 0.0291. The van der Waals surface area contributed by atoms with Gasteiger partial charge in [-0.3, -0.25) is 0 Å². The van der Waals surface area contributed by atoms with E-state index in [2.05, 4.69) is 27.7 Å². The third-order valence-corrected chi connectivity index (χ3v) is 6.35. The Kier molecular flexibility index (Phi) is 2.11. The topological polar surface area (TPSA) is 20.2 Å². The van der Waals surface area contributed by atoms with Crippen LogP contribution >= 0.6 is 0 Å². The molecule has 0 aromatic heterocycles. The Morgan fingerprint density at radius 1 is 1.19 bits per heavy atom. The van der Waals surface area contributed by atoms with Crippen molar-refractivity contribution in [1.82, 2.24) is 0 Å². The van der Waals surface area contributed by atoms with Gasteiger partial charge in [-0.05, 0) is 67.6 Å². The van der Waals surface area contributed by atoms with E-state index in [1.54, 1.807) is 0 Å². The van der Waals surface area contributed by atoms with Crippen LogP contribution in [-0.4, -0.2) is 10.7 Å². The first-order valence-corrected chi connectivity index (χ1v) is 7.13. The largest absolute Gasteiger partial charge is 0.390 e. The van der Waals surface area contributed by atoms with Crippen molar-refractivity contribution in [1.29, 1.82) is 0 Å². The molecule has 0 amide bonds. The van der Waals surface area contributed by atoms with Gasteiger partial charge in [0.15, 0.2) is 0 Å². The molecule has 0 aromatic rings. The van der Waals surface area contributed by atoms with Crippen molar-refractivity contribution in [2.75, 3.05) is 0 Å². The first-order chi connectivity index (χ1) is 7.41. The summed E-state index contributed by atoms with van der Waals surface area (Å²) in [5, 5.41) is 10.5. The lowest BCUT2D eigenvalue weighted by Gasteiger charge is -2.36. The van der Waals surface area contributed by atoms with E-state index in [0.29, 0.717) is 11.3 Å². The highest BCUT2D eigenvalue weighted by atomic mass is 16.3. The Bertz CT molecular complexity index is 307. The van der Waals surface area contributed by atoms with E-state index in [1.165, 1.54) is 19.3 Å². The van der Waals surface area contributed by atoms with Gasteiger partial charge in [-0.15, -0.1) is 0 Å². The molecule has 92 valence electrons. The highest BCUT2D eigenvalue weighted by molar-refractivity contribution is 5.26. The zero-order valence-electron chi connectivity index (χ0n) is 11.2. The van der Waals surface area contributed by atoms with Gasteiger partial charge in [0.1, 0.15) is 0 Å². The molecule has 0 aliphatic heterocycles. The van der Waals surface area contributed by atoms with Gasteiger partial charge in [-0.2, -0.15) is 0 Å². The summed E-state index contributed by atoms with van der Waals surface area (Å²) in [6, 6.07) is 0.